The molecule has 5 nitrogen and oxygen atoms in total. The van der Waals surface area contributed by atoms with Gasteiger partial charge in [0.2, 0.25) is 0 Å². The van der Waals surface area contributed by atoms with E-state index < -0.39 is 5.97 Å². The number of carbonyl (C=O) groups is 2. The zero-order valence-corrected chi connectivity index (χ0v) is 11.6. The monoisotopic (exact) mass is 265 g/mol. The first-order valence-corrected chi connectivity index (χ1v) is 6.04. The number of rotatable bonds is 4. The third kappa shape index (κ3) is 3.47. The number of phenolic OH excluding ortho intramolecular Hbond substituents is 1. The summed E-state index contributed by atoms with van der Waals surface area (Å²) in [4.78, 5) is 25.1. The molecule has 0 aliphatic heterocycles. The van der Waals surface area contributed by atoms with E-state index in [0.717, 1.165) is 0 Å². The molecule has 0 unspecified atom stereocenters. The zero-order valence-electron chi connectivity index (χ0n) is 11.6. The van der Waals surface area contributed by atoms with Gasteiger partial charge in [-0.15, -0.1) is 0 Å². The molecular weight excluding hydrogens is 246 g/mol. The van der Waals surface area contributed by atoms with Gasteiger partial charge in [0.15, 0.2) is 0 Å². The van der Waals surface area contributed by atoms with Gasteiger partial charge in [-0.2, -0.15) is 0 Å². The van der Waals surface area contributed by atoms with E-state index in [-0.39, 0.29) is 29.8 Å². The van der Waals surface area contributed by atoms with E-state index in [0.29, 0.717) is 5.56 Å². The highest BCUT2D eigenvalue weighted by atomic mass is 16.5. The molecule has 0 saturated carbocycles. The van der Waals surface area contributed by atoms with E-state index in [2.05, 4.69) is 4.74 Å². The number of aromatic hydroxyl groups is 1. The Balaban J connectivity index is 3.06. The van der Waals surface area contributed by atoms with Gasteiger partial charge in [-0.1, -0.05) is 12.1 Å². The summed E-state index contributed by atoms with van der Waals surface area (Å²) in [6.45, 7) is 5.17. The van der Waals surface area contributed by atoms with Crippen LogP contribution in [0.3, 0.4) is 0 Å². The maximum absolute atomic E-state index is 12.4. The molecule has 1 amide bonds. The second-order valence-corrected chi connectivity index (χ2v) is 4.57. The van der Waals surface area contributed by atoms with Crippen molar-refractivity contribution in [3.63, 3.8) is 0 Å². The summed E-state index contributed by atoms with van der Waals surface area (Å²) in [6.07, 6.45) is 0. The summed E-state index contributed by atoms with van der Waals surface area (Å²) in [7, 11) is 1.27. The van der Waals surface area contributed by atoms with Crippen molar-refractivity contribution in [1.82, 2.24) is 4.90 Å². The Bertz CT molecular complexity index is 482. The van der Waals surface area contributed by atoms with Crippen LogP contribution in [0.1, 0.15) is 29.8 Å². The second kappa shape index (κ2) is 6.22. The number of carbonyl (C=O) groups excluding carboxylic acids is 2. The topological polar surface area (TPSA) is 66.8 Å². The van der Waals surface area contributed by atoms with Crippen molar-refractivity contribution in [3.8, 4) is 5.75 Å². The molecule has 19 heavy (non-hydrogen) atoms. The van der Waals surface area contributed by atoms with Crippen LogP contribution in [0.15, 0.2) is 18.2 Å². The van der Waals surface area contributed by atoms with Crippen molar-refractivity contribution in [3.05, 3.63) is 29.3 Å². The summed E-state index contributed by atoms with van der Waals surface area (Å²) in [6, 6.07) is 4.77. The number of para-hydroxylation sites is 1. The normalized spacial score (nSPS) is 10.4. The molecule has 0 atom stereocenters. The highest BCUT2D eigenvalue weighted by molar-refractivity contribution is 5.98. The molecule has 5 heteroatoms. The highest BCUT2D eigenvalue weighted by Crippen LogP contribution is 2.23. The molecular formula is C14H19NO4. The predicted octanol–water partition coefficient (Wildman–Crippen LogP) is 1.72. The number of methoxy groups -OCH3 is 1. The van der Waals surface area contributed by atoms with Crippen LogP contribution in [0, 0.1) is 6.92 Å². The average Bonchev–Trinajstić information content (AvgIpc) is 2.37. The number of aryl methyl sites for hydroxylation is 1. The van der Waals surface area contributed by atoms with Crippen molar-refractivity contribution >= 4 is 11.9 Å². The minimum Gasteiger partial charge on any atom is -0.507 e. The van der Waals surface area contributed by atoms with E-state index in [1.807, 2.05) is 0 Å². The lowest BCUT2D eigenvalue weighted by Gasteiger charge is -2.26. The quantitative estimate of drug-likeness (QED) is 0.842. The molecule has 0 heterocycles. The van der Waals surface area contributed by atoms with Gasteiger partial charge in [-0.3, -0.25) is 9.59 Å². The Morgan fingerprint density at radius 2 is 2.00 bits per heavy atom. The summed E-state index contributed by atoms with van der Waals surface area (Å²) in [5.74, 6) is -0.932. The molecule has 0 bridgehead atoms. The van der Waals surface area contributed by atoms with Gasteiger partial charge in [-0.05, 0) is 32.4 Å². The van der Waals surface area contributed by atoms with Crippen LogP contribution in [0.4, 0.5) is 0 Å². The Hall–Kier alpha value is -2.04. The first-order chi connectivity index (χ1) is 8.88. The van der Waals surface area contributed by atoms with E-state index in [1.54, 1.807) is 32.9 Å². The van der Waals surface area contributed by atoms with Gasteiger partial charge >= 0.3 is 5.97 Å². The lowest BCUT2D eigenvalue weighted by molar-refractivity contribution is -0.141. The smallest absolute Gasteiger partial charge is 0.325 e. The van der Waals surface area contributed by atoms with Crippen LogP contribution in [0.25, 0.3) is 0 Å². The lowest BCUT2D eigenvalue weighted by atomic mass is 10.1. The van der Waals surface area contributed by atoms with E-state index in [4.69, 9.17) is 0 Å². The number of ether oxygens (including phenoxy) is 1. The summed E-state index contributed by atoms with van der Waals surface area (Å²) in [5.41, 5.74) is 0.810. The van der Waals surface area contributed by atoms with Crippen LogP contribution in [-0.2, 0) is 9.53 Å². The SMILES string of the molecule is COC(=O)CN(C(=O)c1cccc(C)c1O)C(C)C. The van der Waals surface area contributed by atoms with Crippen LogP contribution in [-0.4, -0.2) is 41.6 Å². The molecule has 0 fully saturated rings. The number of hydrogen-bond acceptors (Lipinski definition) is 4. The third-order valence-electron chi connectivity index (χ3n) is 2.88. The molecule has 1 N–H and O–H groups in total. The molecule has 0 radical (unpaired) electrons. The number of esters is 1. The second-order valence-electron chi connectivity index (χ2n) is 4.57. The fourth-order valence-electron chi connectivity index (χ4n) is 1.68. The standard InChI is InChI=1S/C14H19NO4/c1-9(2)15(8-12(16)19-4)14(18)11-7-5-6-10(3)13(11)17/h5-7,9,17H,8H2,1-4H3. The van der Waals surface area contributed by atoms with Crippen molar-refractivity contribution in [2.24, 2.45) is 0 Å². The van der Waals surface area contributed by atoms with Crippen LogP contribution >= 0.6 is 0 Å². The van der Waals surface area contributed by atoms with E-state index in [9.17, 15) is 14.7 Å². The van der Waals surface area contributed by atoms with E-state index >= 15 is 0 Å². The van der Waals surface area contributed by atoms with Crippen molar-refractivity contribution in [1.29, 1.82) is 0 Å². The first-order valence-electron chi connectivity index (χ1n) is 6.04. The van der Waals surface area contributed by atoms with Crippen molar-refractivity contribution in [2.45, 2.75) is 26.8 Å². The lowest BCUT2D eigenvalue weighted by Crippen LogP contribution is -2.41. The molecule has 104 valence electrons. The van der Waals surface area contributed by atoms with Crippen molar-refractivity contribution in [2.75, 3.05) is 13.7 Å². The van der Waals surface area contributed by atoms with Gasteiger partial charge in [0.05, 0.1) is 12.7 Å². The first kappa shape index (κ1) is 15.0. The molecule has 0 saturated heterocycles. The van der Waals surface area contributed by atoms with Crippen LogP contribution in [0.5, 0.6) is 5.75 Å². The predicted molar refractivity (Wildman–Crippen MR) is 71.0 cm³/mol. The summed E-state index contributed by atoms with van der Waals surface area (Å²) >= 11 is 0. The van der Waals surface area contributed by atoms with Gasteiger partial charge in [-0.25, -0.2) is 0 Å². The summed E-state index contributed by atoms with van der Waals surface area (Å²) in [5, 5.41) is 9.93. The fraction of sp³-hybridized carbons (Fsp3) is 0.429. The Morgan fingerprint density at radius 1 is 1.37 bits per heavy atom. The molecule has 1 aromatic carbocycles. The number of amides is 1. The average molecular weight is 265 g/mol. The molecule has 0 aromatic heterocycles. The Labute approximate surface area is 112 Å². The maximum atomic E-state index is 12.4. The number of benzene rings is 1. The largest absolute Gasteiger partial charge is 0.507 e. The number of phenols is 1. The number of hydrogen-bond donors (Lipinski definition) is 1. The minimum atomic E-state index is -0.491. The molecule has 0 aliphatic rings. The molecule has 0 spiro atoms. The highest BCUT2D eigenvalue weighted by Gasteiger charge is 2.24. The third-order valence-corrected chi connectivity index (χ3v) is 2.88. The van der Waals surface area contributed by atoms with Gasteiger partial charge in [0.25, 0.3) is 5.91 Å². The molecule has 1 aromatic rings. The molecule has 0 aliphatic carbocycles. The number of nitrogens with zero attached hydrogens (tertiary/aromatic N) is 1. The van der Waals surface area contributed by atoms with Crippen molar-refractivity contribution < 1.29 is 19.4 Å². The van der Waals surface area contributed by atoms with Gasteiger partial charge in [0.1, 0.15) is 12.3 Å². The van der Waals surface area contributed by atoms with E-state index in [1.165, 1.54) is 18.1 Å². The zero-order chi connectivity index (χ0) is 14.6. The van der Waals surface area contributed by atoms with Crippen LogP contribution in [0.2, 0.25) is 0 Å². The summed E-state index contributed by atoms with van der Waals surface area (Å²) < 4.78 is 4.58. The Kier molecular flexibility index (Phi) is 4.92. The Morgan fingerprint density at radius 3 is 2.53 bits per heavy atom. The minimum absolute atomic E-state index is 0.0528. The van der Waals surface area contributed by atoms with Gasteiger partial charge < -0.3 is 14.7 Å². The molecule has 1 rings (SSSR count). The van der Waals surface area contributed by atoms with Gasteiger partial charge in [0, 0.05) is 6.04 Å². The maximum Gasteiger partial charge on any atom is 0.325 e. The van der Waals surface area contributed by atoms with Crippen LogP contribution < -0.4 is 0 Å². The fourth-order valence-corrected chi connectivity index (χ4v) is 1.68.